The van der Waals surface area contributed by atoms with Crippen LogP contribution in [0, 0.1) is 17.0 Å². The Balaban J connectivity index is 1.77. The summed E-state index contributed by atoms with van der Waals surface area (Å²) in [7, 11) is 0. The molecule has 132 valence electrons. The van der Waals surface area contributed by atoms with Gasteiger partial charge in [0.1, 0.15) is 23.7 Å². The Bertz CT molecular complexity index is 800. The molecule has 1 aromatic carbocycles. The molecular weight excluding hydrogens is 367 g/mol. The van der Waals surface area contributed by atoms with Crippen molar-refractivity contribution in [2.75, 3.05) is 0 Å². The van der Waals surface area contributed by atoms with Crippen molar-refractivity contribution in [3.63, 3.8) is 0 Å². The summed E-state index contributed by atoms with van der Waals surface area (Å²) in [6.45, 7) is 1.70. The first-order valence-corrected chi connectivity index (χ1v) is 8.60. The first kappa shape index (κ1) is 17.8. The average Bonchev–Trinajstić information content (AvgIpc) is 2.98. The van der Waals surface area contributed by atoms with Gasteiger partial charge in [0, 0.05) is 11.9 Å². The minimum Gasteiger partial charge on any atom is -0.485 e. The molecule has 1 fully saturated rings. The molecule has 0 amide bonds. The van der Waals surface area contributed by atoms with Gasteiger partial charge in [0.25, 0.3) is 0 Å². The zero-order valence-electron chi connectivity index (χ0n) is 13.4. The SMILES string of the molecule is Cc1ccc(OC2CCCC2Oc2ccc(Cl)cc2Cl)c([N+](=O)[O-])n1. The van der Waals surface area contributed by atoms with Crippen molar-refractivity contribution >= 4 is 29.0 Å². The second-order valence-electron chi connectivity index (χ2n) is 5.85. The molecule has 1 aliphatic carbocycles. The van der Waals surface area contributed by atoms with Crippen LogP contribution in [0.3, 0.4) is 0 Å². The van der Waals surface area contributed by atoms with E-state index in [-0.39, 0.29) is 23.8 Å². The number of nitrogens with zero attached hydrogens (tertiary/aromatic N) is 2. The number of ether oxygens (including phenoxy) is 2. The number of aryl methyl sites for hydroxylation is 1. The summed E-state index contributed by atoms with van der Waals surface area (Å²) in [4.78, 5) is 14.6. The maximum absolute atomic E-state index is 11.2. The largest absolute Gasteiger partial charge is 0.485 e. The second-order valence-corrected chi connectivity index (χ2v) is 6.69. The first-order valence-electron chi connectivity index (χ1n) is 7.84. The van der Waals surface area contributed by atoms with Crippen LogP contribution in [0.25, 0.3) is 0 Å². The monoisotopic (exact) mass is 382 g/mol. The Morgan fingerprint density at radius 3 is 2.40 bits per heavy atom. The Morgan fingerprint density at radius 1 is 1.12 bits per heavy atom. The third kappa shape index (κ3) is 4.14. The highest BCUT2D eigenvalue weighted by Gasteiger charge is 2.33. The maximum Gasteiger partial charge on any atom is 0.406 e. The summed E-state index contributed by atoms with van der Waals surface area (Å²) in [6.07, 6.45) is 1.85. The Kier molecular flexibility index (Phi) is 5.30. The third-order valence-electron chi connectivity index (χ3n) is 3.99. The lowest BCUT2D eigenvalue weighted by molar-refractivity contribution is -0.390. The number of halogens is 2. The van der Waals surface area contributed by atoms with Crippen molar-refractivity contribution in [2.45, 2.75) is 38.4 Å². The van der Waals surface area contributed by atoms with Crippen molar-refractivity contribution in [1.29, 1.82) is 0 Å². The van der Waals surface area contributed by atoms with Gasteiger partial charge in [0.15, 0.2) is 0 Å². The highest BCUT2D eigenvalue weighted by molar-refractivity contribution is 6.35. The van der Waals surface area contributed by atoms with Gasteiger partial charge in [0.05, 0.1) is 5.02 Å². The molecular formula is C17H16Cl2N2O4. The fraction of sp³-hybridized carbons (Fsp3) is 0.353. The lowest BCUT2D eigenvalue weighted by Crippen LogP contribution is -2.31. The molecule has 1 aromatic heterocycles. The van der Waals surface area contributed by atoms with Gasteiger partial charge in [-0.25, -0.2) is 0 Å². The molecule has 3 rings (SSSR count). The molecule has 0 N–H and O–H groups in total. The molecule has 8 heteroatoms. The Hall–Kier alpha value is -2.05. The lowest BCUT2D eigenvalue weighted by Gasteiger charge is -2.22. The van der Waals surface area contributed by atoms with Gasteiger partial charge < -0.3 is 19.6 Å². The van der Waals surface area contributed by atoms with Crippen LogP contribution in [-0.4, -0.2) is 22.1 Å². The van der Waals surface area contributed by atoms with Crippen molar-refractivity contribution in [3.05, 3.63) is 56.2 Å². The quantitative estimate of drug-likeness (QED) is 0.538. The maximum atomic E-state index is 11.2. The predicted octanol–water partition coefficient (Wildman–Crippen LogP) is 4.98. The van der Waals surface area contributed by atoms with Crippen molar-refractivity contribution in [1.82, 2.24) is 4.98 Å². The van der Waals surface area contributed by atoms with E-state index in [0.717, 1.165) is 19.3 Å². The first-order chi connectivity index (χ1) is 11.9. The molecule has 0 spiro atoms. The standard InChI is InChI=1S/C17H16Cl2N2O4/c1-10-5-7-16(17(20-10)21(22)23)25-15-4-2-3-14(15)24-13-8-6-11(18)9-12(13)19/h5-9,14-15H,2-4H2,1H3. The normalized spacial score (nSPS) is 19.6. The number of rotatable bonds is 5. The van der Waals surface area contributed by atoms with Gasteiger partial charge >= 0.3 is 5.82 Å². The molecule has 1 aliphatic rings. The van der Waals surface area contributed by atoms with Gasteiger partial charge in [-0.1, -0.05) is 23.2 Å². The Morgan fingerprint density at radius 2 is 1.76 bits per heavy atom. The molecule has 0 saturated heterocycles. The molecule has 0 bridgehead atoms. The van der Waals surface area contributed by atoms with E-state index in [0.29, 0.717) is 21.5 Å². The smallest absolute Gasteiger partial charge is 0.406 e. The van der Waals surface area contributed by atoms with Crippen molar-refractivity contribution < 1.29 is 14.4 Å². The molecule has 2 aromatic rings. The Labute approximate surface area is 154 Å². The van der Waals surface area contributed by atoms with Crippen LogP contribution in [0.2, 0.25) is 10.0 Å². The van der Waals surface area contributed by atoms with E-state index in [1.165, 1.54) is 0 Å². The van der Waals surface area contributed by atoms with Crippen LogP contribution in [0.5, 0.6) is 11.5 Å². The van der Waals surface area contributed by atoms with Gasteiger partial charge in [0.2, 0.25) is 5.75 Å². The second kappa shape index (κ2) is 7.45. The van der Waals surface area contributed by atoms with Gasteiger partial charge in [-0.2, -0.15) is 0 Å². The van der Waals surface area contributed by atoms with Gasteiger partial charge in [-0.15, -0.1) is 0 Å². The number of hydrogen-bond acceptors (Lipinski definition) is 5. The van der Waals surface area contributed by atoms with Crippen LogP contribution in [0.1, 0.15) is 25.0 Å². The fourth-order valence-electron chi connectivity index (χ4n) is 2.81. The van der Waals surface area contributed by atoms with Gasteiger partial charge in [-0.3, -0.25) is 0 Å². The van der Waals surface area contributed by atoms with Crippen LogP contribution in [-0.2, 0) is 0 Å². The molecule has 2 atom stereocenters. The average molecular weight is 383 g/mol. The summed E-state index contributed by atoms with van der Waals surface area (Å²) in [6, 6.07) is 8.27. The molecule has 1 heterocycles. The summed E-state index contributed by atoms with van der Waals surface area (Å²) < 4.78 is 11.8. The molecule has 1 saturated carbocycles. The number of pyridine rings is 1. The number of hydrogen-bond donors (Lipinski definition) is 0. The summed E-state index contributed by atoms with van der Waals surface area (Å²) in [5.74, 6) is 0.386. The van der Waals surface area contributed by atoms with Crippen molar-refractivity contribution in [2.24, 2.45) is 0 Å². The topological polar surface area (TPSA) is 74.5 Å². The highest BCUT2D eigenvalue weighted by atomic mass is 35.5. The van der Waals surface area contributed by atoms with E-state index < -0.39 is 4.92 Å². The van der Waals surface area contributed by atoms with E-state index >= 15 is 0 Å². The predicted molar refractivity (Wildman–Crippen MR) is 94.8 cm³/mol. The summed E-state index contributed by atoms with van der Waals surface area (Å²) in [5.41, 5.74) is 0.561. The molecule has 2 unspecified atom stereocenters. The van der Waals surface area contributed by atoms with E-state index in [9.17, 15) is 10.1 Å². The van der Waals surface area contributed by atoms with Crippen LogP contribution < -0.4 is 9.47 Å². The van der Waals surface area contributed by atoms with E-state index in [2.05, 4.69) is 4.98 Å². The van der Waals surface area contributed by atoms with E-state index in [1.807, 2.05) is 0 Å². The minimum absolute atomic E-state index is 0.151. The molecule has 25 heavy (non-hydrogen) atoms. The van der Waals surface area contributed by atoms with Crippen molar-refractivity contribution in [3.8, 4) is 11.5 Å². The molecule has 0 aliphatic heterocycles. The van der Waals surface area contributed by atoms with Crippen LogP contribution in [0.15, 0.2) is 30.3 Å². The lowest BCUT2D eigenvalue weighted by atomic mass is 10.2. The third-order valence-corrected chi connectivity index (χ3v) is 4.52. The zero-order valence-corrected chi connectivity index (χ0v) is 15.0. The zero-order chi connectivity index (χ0) is 18.0. The van der Waals surface area contributed by atoms with Gasteiger partial charge in [-0.05, 0) is 59.5 Å². The fourth-order valence-corrected chi connectivity index (χ4v) is 3.26. The molecule has 0 radical (unpaired) electrons. The van der Waals surface area contributed by atoms with Crippen LogP contribution in [0.4, 0.5) is 5.82 Å². The number of aromatic nitrogens is 1. The summed E-state index contributed by atoms with van der Waals surface area (Å²) in [5, 5.41) is 12.1. The van der Waals surface area contributed by atoms with E-state index in [4.69, 9.17) is 32.7 Å². The summed E-state index contributed by atoms with van der Waals surface area (Å²) >= 11 is 12.0. The number of nitro groups is 1. The minimum atomic E-state index is -0.538. The molecule has 6 nitrogen and oxygen atoms in total. The van der Waals surface area contributed by atoms with E-state index in [1.54, 1.807) is 37.3 Å². The highest BCUT2D eigenvalue weighted by Crippen LogP contribution is 2.35. The number of benzene rings is 1. The van der Waals surface area contributed by atoms with Crippen LogP contribution >= 0.6 is 23.2 Å².